The summed E-state index contributed by atoms with van der Waals surface area (Å²) in [6.45, 7) is 3.88. The SMILES string of the molecule is O=C(NCC1CCCN1Cc1ccccc1)C1CCCN1. The molecule has 0 radical (unpaired) electrons. The summed E-state index contributed by atoms with van der Waals surface area (Å²) in [5, 5.41) is 6.40. The first kappa shape index (κ1) is 14.5. The van der Waals surface area contributed by atoms with Crippen molar-refractivity contribution in [1.82, 2.24) is 15.5 Å². The molecular formula is C17H25N3O. The third-order valence-corrected chi connectivity index (χ3v) is 4.62. The zero-order valence-corrected chi connectivity index (χ0v) is 12.6. The van der Waals surface area contributed by atoms with E-state index in [2.05, 4.69) is 45.9 Å². The van der Waals surface area contributed by atoms with Gasteiger partial charge in [0.25, 0.3) is 0 Å². The van der Waals surface area contributed by atoms with E-state index < -0.39 is 0 Å². The number of nitrogens with one attached hydrogen (secondary N) is 2. The molecule has 21 heavy (non-hydrogen) atoms. The molecule has 2 atom stereocenters. The Bertz CT molecular complexity index is 456. The van der Waals surface area contributed by atoms with Crippen molar-refractivity contribution in [3.8, 4) is 0 Å². The molecule has 1 amide bonds. The van der Waals surface area contributed by atoms with Gasteiger partial charge in [-0.2, -0.15) is 0 Å². The lowest BCUT2D eigenvalue weighted by Gasteiger charge is -2.25. The van der Waals surface area contributed by atoms with E-state index in [1.54, 1.807) is 0 Å². The molecule has 0 aromatic heterocycles. The van der Waals surface area contributed by atoms with E-state index in [0.29, 0.717) is 6.04 Å². The van der Waals surface area contributed by atoms with Crippen molar-refractivity contribution in [2.24, 2.45) is 0 Å². The Morgan fingerprint density at radius 2 is 2.10 bits per heavy atom. The molecule has 0 saturated carbocycles. The molecule has 114 valence electrons. The van der Waals surface area contributed by atoms with Crippen LogP contribution in [0.4, 0.5) is 0 Å². The van der Waals surface area contributed by atoms with Crippen LogP contribution in [0.1, 0.15) is 31.2 Å². The second-order valence-corrected chi connectivity index (χ2v) is 6.15. The fourth-order valence-corrected chi connectivity index (χ4v) is 3.40. The van der Waals surface area contributed by atoms with Gasteiger partial charge >= 0.3 is 0 Å². The molecule has 1 aromatic carbocycles. The number of likely N-dealkylation sites (tertiary alicyclic amines) is 1. The smallest absolute Gasteiger partial charge is 0.237 e. The third kappa shape index (κ3) is 3.83. The van der Waals surface area contributed by atoms with Gasteiger partial charge in [-0.15, -0.1) is 0 Å². The number of carbonyl (C=O) groups is 1. The van der Waals surface area contributed by atoms with Gasteiger partial charge < -0.3 is 10.6 Å². The fourth-order valence-electron chi connectivity index (χ4n) is 3.40. The molecule has 3 rings (SSSR count). The van der Waals surface area contributed by atoms with Crippen molar-refractivity contribution in [2.45, 2.75) is 44.3 Å². The van der Waals surface area contributed by atoms with Crippen molar-refractivity contribution in [3.05, 3.63) is 35.9 Å². The molecule has 1 aromatic rings. The highest BCUT2D eigenvalue weighted by atomic mass is 16.2. The Balaban J connectivity index is 1.49. The Morgan fingerprint density at radius 1 is 1.24 bits per heavy atom. The second-order valence-electron chi connectivity index (χ2n) is 6.15. The first-order valence-corrected chi connectivity index (χ1v) is 8.12. The summed E-state index contributed by atoms with van der Waals surface area (Å²) < 4.78 is 0. The molecular weight excluding hydrogens is 262 g/mol. The second kappa shape index (κ2) is 7.05. The number of rotatable bonds is 5. The van der Waals surface area contributed by atoms with Gasteiger partial charge in [0.15, 0.2) is 0 Å². The van der Waals surface area contributed by atoms with Gasteiger partial charge in [0.2, 0.25) is 5.91 Å². The molecule has 2 heterocycles. The minimum absolute atomic E-state index is 0.0361. The predicted molar refractivity (Wildman–Crippen MR) is 83.9 cm³/mol. The van der Waals surface area contributed by atoms with Crippen molar-refractivity contribution in [3.63, 3.8) is 0 Å². The molecule has 0 bridgehead atoms. The van der Waals surface area contributed by atoms with Gasteiger partial charge in [-0.3, -0.25) is 9.69 Å². The first-order valence-electron chi connectivity index (χ1n) is 8.12. The highest BCUT2D eigenvalue weighted by Gasteiger charge is 2.27. The summed E-state index contributed by atoms with van der Waals surface area (Å²) in [4.78, 5) is 14.6. The Morgan fingerprint density at radius 3 is 2.86 bits per heavy atom. The van der Waals surface area contributed by atoms with E-state index >= 15 is 0 Å². The number of nitrogens with zero attached hydrogens (tertiary/aromatic N) is 1. The van der Waals surface area contributed by atoms with Crippen LogP contribution in [0.2, 0.25) is 0 Å². The summed E-state index contributed by atoms with van der Waals surface area (Å²) in [5.41, 5.74) is 1.35. The van der Waals surface area contributed by atoms with E-state index in [1.165, 1.54) is 18.4 Å². The van der Waals surface area contributed by atoms with Gasteiger partial charge in [-0.1, -0.05) is 30.3 Å². The largest absolute Gasteiger partial charge is 0.353 e. The maximum atomic E-state index is 12.1. The average molecular weight is 287 g/mol. The van der Waals surface area contributed by atoms with Crippen molar-refractivity contribution >= 4 is 5.91 Å². The number of carbonyl (C=O) groups excluding carboxylic acids is 1. The highest BCUT2D eigenvalue weighted by Crippen LogP contribution is 2.19. The summed E-state index contributed by atoms with van der Waals surface area (Å²) >= 11 is 0. The number of amides is 1. The lowest BCUT2D eigenvalue weighted by molar-refractivity contribution is -0.123. The summed E-state index contributed by atoms with van der Waals surface area (Å²) in [6, 6.07) is 11.1. The third-order valence-electron chi connectivity index (χ3n) is 4.62. The van der Waals surface area contributed by atoms with Crippen LogP contribution in [0.15, 0.2) is 30.3 Å². The number of benzene rings is 1. The van der Waals surface area contributed by atoms with Gasteiger partial charge in [-0.05, 0) is 44.3 Å². The molecule has 2 aliphatic rings. The number of hydrogen-bond acceptors (Lipinski definition) is 3. The van der Waals surface area contributed by atoms with Crippen molar-refractivity contribution in [2.75, 3.05) is 19.6 Å². The zero-order valence-electron chi connectivity index (χ0n) is 12.6. The molecule has 0 spiro atoms. The van der Waals surface area contributed by atoms with E-state index in [9.17, 15) is 4.79 Å². The standard InChI is InChI=1S/C17H25N3O/c21-17(16-9-4-10-18-16)19-12-15-8-5-11-20(15)13-14-6-2-1-3-7-14/h1-3,6-7,15-16,18H,4-5,8-13H2,(H,19,21). The fraction of sp³-hybridized carbons (Fsp3) is 0.588. The van der Waals surface area contributed by atoms with Gasteiger partial charge in [0.1, 0.15) is 0 Å². The van der Waals surface area contributed by atoms with Crippen molar-refractivity contribution in [1.29, 1.82) is 0 Å². The highest BCUT2D eigenvalue weighted by molar-refractivity contribution is 5.82. The molecule has 2 fully saturated rings. The lowest BCUT2D eigenvalue weighted by atomic mass is 10.1. The molecule has 2 saturated heterocycles. The van der Waals surface area contributed by atoms with E-state index in [1.807, 2.05) is 0 Å². The maximum Gasteiger partial charge on any atom is 0.237 e. The van der Waals surface area contributed by atoms with Gasteiger partial charge in [0.05, 0.1) is 6.04 Å². The Labute approximate surface area is 126 Å². The molecule has 2 N–H and O–H groups in total. The van der Waals surface area contributed by atoms with Crippen LogP contribution in [0.5, 0.6) is 0 Å². The Hall–Kier alpha value is -1.39. The molecule has 2 aliphatic heterocycles. The predicted octanol–water partition coefficient (Wildman–Crippen LogP) is 1.52. The minimum atomic E-state index is 0.0361. The number of hydrogen-bond donors (Lipinski definition) is 2. The van der Waals surface area contributed by atoms with Crippen LogP contribution in [-0.2, 0) is 11.3 Å². The maximum absolute atomic E-state index is 12.1. The quantitative estimate of drug-likeness (QED) is 0.863. The molecule has 0 aliphatic carbocycles. The van der Waals surface area contributed by atoms with Gasteiger partial charge in [-0.25, -0.2) is 0 Å². The summed E-state index contributed by atoms with van der Waals surface area (Å²) in [6.07, 6.45) is 4.51. The van der Waals surface area contributed by atoms with Crippen LogP contribution in [0, 0.1) is 0 Å². The van der Waals surface area contributed by atoms with Gasteiger partial charge in [0, 0.05) is 19.1 Å². The van der Waals surface area contributed by atoms with E-state index in [4.69, 9.17) is 0 Å². The Kier molecular flexibility index (Phi) is 4.88. The van der Waals surface area contributed by atoms with Crippen LogP contribution in [0.3, 0.4) is 0 Å². The zero-order chi connectivity index (χ0) is 14.5. The normalized spacial score (nSPS) is 26.1. The topological polar surface area (TPSA) is 44.4 Å². The first-order chi connectivity index (χ1) is 10.3. The summed E-state index contributed by atoms with van der Waals surface area (Å²) in [5.74, 6) is 0.180. The van der Waals surface area contributed by atoms with Crippen LogP contribution >= 0.6 is 0 Å². The minimum Gasteiger partial charge on any atom is -0.353 e. The van der Waals surface area contributed by atoms with E-state index in [-0.39, 0.29) is 11.9 Å². The lowest BCUT2D eigenvalue weighted by Crippen LogP contribution is -2.45. The van der Waals surface area contributed by atoms with E-state index in [0.717, 1.165) is 39.0 Å². The molecule has 4 heteroatoms. The van der Waals surface area contributed by atoms with Crippen LogP contribution in [-0.4, -0.2) is 42.5 Å². The van der Waals surface area contributed by atoms with Crippen molar-refractivity contribution < 1.29 is 4.79 Å². The molecule has 2 unspecified atom stereocenters. The van der Waals surface area contributed by atoms with Crippen LogP contribution < -0.4 is 10.6 Å². The monoisotopic (exact) mass is 287 g/mol. The molecule has 4 nitrogen and oxygen atoms in total. The summed E-state index contributed by atoms with van der Waals surface area (Å²) in [7, 11) is 0. The average Bonchev–Trinajstić information content (AvgIpc) is 3.18. The van der Waals surface area contributed by atoms with Crippen LogP contribution in [0.25, 0.3) is 0 Å².